The lowest BCUT2D eigenvalue weighted by Crippen LogP contribution is -2.56. The second kappa shape index (κ2) is 8.02. The van der Waals surface area contributed by atoms with Crippen LogP contribution in [-0.4, -0.2) is 61.7 Å². The maximum Gasteiger partial charge on any atom is 0.320 e. The topological polar surface area (TPSA) is 69.7 Å². The van der Waals surface area contributed by atoms with Gasteiger partial charge in [-0.05, 0) is 48.4 Å². The number of carbonyl (C=O) groups excluding carboxylic acids is 1. The van der Waals surface area contributed by atoms with Crippen molar-refractivity contribution in [1.82, 2.24) is 14.5 Å². The highest BCUT2D eigenvalue weighted by atomic mass is 32.2. The Bertz CT molecular complexity index is 1200. The molecule has 0 unspecified atom stereocenters. The molecule has 2 aromatic carbocycles. The third-order valence-electron chi connectivity index (χ3n) is 6.77. The number of urea groups is 1. The van der Waals surface area contributed by atoms with Gasteiger partial charge in [0.1, 0.15) is 17.5 Å². The molecule has 3 aliphatic rings. The number of nitrogens with one attached hydrogen (secondary N) is 1. The predicted octanol–water partition coefficient (Wildman–Crippen LogP) is 3.13. The number of halogens is 3. The van der Waals surface area contributed by atoms with Gasteiger partial charge in [0.05, 0.1) is 12.3 Å². The van der Waals surface area contributed by atoms with Crippen LogP contribution in [0.2, 0.25) is 0 Å². The van der Waals surface area contributed by atoms with Gasteiger partial charge in [0.25, 0.3) is 0 Å². The molecule has 2 aromatic rings. The fraction of sp³-hybridized carbons (Fsp3) is 0.435. The monoisotopic (exact) mass is 479 g/mol. The minimum Gasteiger partial charge on any atom is -0.325 e. The molecule has 3 fully saturated rings. The van der Waals surface area contributed by atoms with Gasteiger partial charge in [0.2, 0.25) is 10.0 Å². The van der Waals surface area contributed by atoms with Crippen LogP contribution in [0.15, 0.2) is 36.4 Å². The zero-order valence-electron chi connectivity index (χ0n) is 18.0. The first-order valence-corrected chi connectivity index (χ1v) is 12.8. The van der Waals surface area contributed by atoms with Crippen LogP contribution in [0.25, 0.3) is 11.1 Å². The molecule has 1 aliphatic carbocycles. The van der Waals surface area contributed by atoms with Crippen molar-refractivity contribution in [3.8, 4) is 11.1 Å². The normalized spacial score (nSPS) is 26.2. The first kappa shape index (κ1) is 22.2. The van der Waals surface area contributed by atoms with E-state index in [1.807, 2.05) is 0 Å². The molecule has 2 amide bonds. The minimum atomic E-state index is -3.55. The molecule has 5 rings (SSSR count). The summed E-state index contributed by atoms with van der Waals surface area (Å²) >= 11 is 0. The Morgan fingerprint density at radius 2 is 1.82 bits per heavy atom. The zero-order valence-corrected chi connectivity index (χ0v) is 18.8. The van der Waals surface area contributed by atoms with Crippen LogP contribution in [0.1, 0.15) is 18.4 Å². The Hall–Kier alpha value is -2.59. The van der Waals surface area contributed by atoms with Crippen LogP contribution in [0.5, 0.6) is 0 Å². The molecule has 2 heterocycles. The van der Waals surface area contributed by atoms with Crippen molar-refractivity contribution < 1.29 is 26.4 Å². The predicted molar refractivity (Wildman–Crippen MR) is 116 cm³/mol. The molecule has 0 spiro atoms. The molecule has 176 valence electrons. The van der Waals surface area contributed by atoms with Gasteiger partial charge in [-0.3, -0.25) is 0 Å². The van der Waals surface area contributed by atoms with E-state index in [9.17, 15) is 22.0 Å². The molecule has 0 radical (unpaired) electrons. The fourth-order valence-electron chi connectivity index (χ4n) is 5.10. The number of amides is 2. The molecule has 4 atom stereocenters. The van der Waals surface area contributed by atoms with Gasteiger partial charge in [0.15, 0.2) is 0 Å². The van der Waals surface area contributed by atoms with Crippen LogP contribution >= 0.6 is 0 Å². The second-order valence-electron chi connectivity index (χ2n) is 9.12. The van der Waals surface area contributed by atoms with E-state index in [-0.39, 0.29) is 41.1 Å². The second-order valence-corrected chi connectivity index (χ2v) is 10.9. The summed E-state index contributed by atoms with van der Waals surface area (Å²) in [5.74, 6) is -2.28. The van der Waals surface area contributed by atoms with E-state index in [1.165, 1.54) is 6.07 Å². The van der Waals surface area contributed by atoms with E-state index < -0.39 is 39.6 Å². The van der Waals surface area contributed by atoms with Crippen molar-refractivity contribution in [3.05, 3.63) is 59.4 Å². The maximum atomic E-state index is 15.5. The van der Waals surface area contributed by atoms with Gasteiger partial charge < -0.3 is 9.80 Å². The van der Waals surface area contributed by atoms with Crippen molar-refractivity contribution >= 4 is 16.1 Å². The number of carbonyl (C=O) groups is 1. The van der Waals surface area contributed by atoms with Crippen LogP contribution in [0, 0.1) is 23.4 Å². The van der Waals surface area contributed by atoms with Crippen molar-refractivity contribution in [2.45, 2.75) is 37.4 Å². The van der Waals surface area contributed by atoms with E-state index in [4.69, 9.17) is 0 Å². The van der Waals surface area contributed by atoms with Crippen LogP contribution in [-0.2, 0) is 16.4 Å². The lowest BCUT2D eigenvalue weighted by Gasteiger charge is -2.39. The number of likely N-dealkylation sites (tertiary alicyclic amines) is 2. The highest BCUT2D eigenvalue weighted by Gasteiger charge is 2.61. The van der Waals surface area contributed by atoms with Gasteiger partial charge in [-0.15, -0.1) is 0 Å². The lowest BCUT2D eigenvalue weighted by atomic mass is 9.94. The smallest absolute Gasteiger partial charge is 0.320 e. The third-order valence-corrected chi connectivity index (χ3v) is 7.47. The summed E-state index contributed by atoms with van der Waals surface area (Å²) in [6, 6.07) is 6.11. The standard InChI is InChI=1S/C23H24F3N3O3S/c1-33(31,32)27-22-18-12-19(18)29(23(30)28-6-3-7-28)20(22)10-13-4-2-5-17(21(13)26)14-8-15(24)11-16(25)9-14/h2,4-5,8-9,11,18-20,22,27H,3,6-7,10,12H2,1H3/t18-,19+,20+,22+/m0/s1. The van der Waals surface area contributed by atoms with Crippen molar-refractivity contribution in [1.29, 1.82) is 0 Å². The fourth-order valence-corrected chi connectivity index (χ4v) is 5.92. The average Bonchev–Trinajstić information content (AvgIpc) is 3.39. The molecule has 0 aromatic heterocycles. The van der Waals surface area contributed by atoms with Gasteiger partial charge >= 0.3 is 6.03 Å². The zero-order chi connectivity index (χ0) is 23.5. The molecule has 10 heteroatoms. The molecule has 1 N–H and O–H groups in total. The molecule has 2 saturated heterocycles. The first-order valence-electron chi connectivity index (χ1n) is 10.9. The van der Waals surface area contributed by atoms with E-state index >= 15 is 4.39 Å². The number of piperidine rings is 1. The molecule has 6 nitrogen and oxygen atoms in total. The Kier molecular flexibility index (Phi) is 5.40. The molecular weight excluding hydrogens is 455 g/mol. The number of sulfonamides is 1. The van der Waals surface area contributed by atoms with Crippen molar-refractivity contribution in [2.24, 2.45) is 5.92 Å². The number of hydrogen-bond acceptors (Lipinski definition) is 3. The van der Waals surface area contributed by atoms with Crippen LogP contribution in [0.4, 0.5) is 18.0 Å². The summed E-state index contributed by atoms with van der Waals surface area (Å²) < 4.78 is 69.6. The Balaban J connectivity index is 1.49. The number of rotatable bonds is 5. The summed E-state index contributed by atoms with van der Waals surface area (Å²) in [7, 11) is -3.55. The summed E-state index contributed by atoms with van der Waals surface area (Å²) in [5, 5.41) is 0. The SMILES string of the molecule is CS(=O)(=O)N[C@@H]1[C@H]2C[C@H]2N(C(=O)N2CCC2)[C@@H]1Cc1cccc(-c2cc(F)cc(F)c2)c1F. The Labute approximate surface area is 190 Å². The Morgan fingerprint density at radius 3 is 2.42 bits per heavy atom. The van der Waals surface area contributed by atoms with Crippen LogP contribution < -0.4 is 4.72 Å². The summed E-state index contributed by atoms with van der Waals surface area (Å²) in [6.07, 6.45) is 2.77. The number of benzene rings is 2. The van der Waals surface area contributed by atoms with Gasteiger partial charge in [-0.25, -0.2) is 31.1 Å². The van der Waals surface area contributed by atoms with Gasteiger partial charge in [0, 0.05) is 36.8 Å². The number of fused-ring (bicyclic) bond motifs is 1. The third kappa shape index (κ3) is 4.21. The lowest BCUT2D eigenvalue weighted by molar-refractivity contribution is 0.111. The van der Waals surface area contributed by atoms with Gasteiger partial charge in [-0.1, -0.05) is 18.2 Å². The first-order chi connectivity index (χ1) is 15.6. The van der Waals surface area contributed by atoms with E-state index in [0.717, 1.165) is 30.9 Å². The molecule has 0 bridgehead atoms. The number of nitrogens with zero attached hydrogens (tertiary/aromatic N) is 2. The highest BCUT2D eigenvalue weighted by molar-refractivity contribution is 7.88. The molecule has 1 saturated carbocycles. The summed E-state index contributed by atoms with van der Waals surface area (Å²) in [5.41, 5.74) is 0.368. The van der Waals surface area contributed by atoms with E-state index in [2.05, 4.69) is 4.72 Å². The Morgan fingerprint density at radius 1 is 1.12 bits per heavy atom. The maximum absolute atomic E-state index is 15.5. The van der Waals surface area contributed by atoms with Crippen LogP contribution in [0.3, 0.4) is 0 Å². The summed E-state index contributed by atoms with van der Waals surface area (Å²) in [4.78, 5) is 16.5. The van der Waals surface area contributed by atoms with E-state index in [1.54, 1.807) is 21.9 Å². The van der Waals surface area contributed by atoms with E-state index in [0.29, 0.717) is 19.5 Å². The highest BCUT2D eigenvalue weighted by Crippen LogP contribution is 2.49. The quantitative estimate of drug-likeness (QED) is 0.717. The largest absolute Gasteiger partial charge is 0.325 e. The average molecular weight is 480 g/mol. The minimum absolute atomic E-state index is 0.0153. The summed E-state index contributed by atoms with van der Waals surface area (Å²) in [6.45, 7) is 1.30. The molecule has 2 aliphatic heterocycles. The number of hydrogen-bond donors (Lipinski definition) is 1. The molecular formula is C23H24F3N3O3S. The van der Waals surface area contributed by atoms with Crippen molar-refractivity contribution in [2.75, 3.05) is 19.3 Å². The van der Waals surface area contributed by atoms with Gasteiger partial charge in [-0.2, -0.15) is 0 Å². The van der Waals surface area contributed by atoms with Crippen molar-refractivity contribution in [3.63, 3.8) is 0 Å². The molecule has 33 heavy (non-hydrogen) atoms.